The maximum Gasteiger partial charge on any atom is 0.408 e. The van der Waals surface area contributed by atoms with E-state index in [9.17, 15) is 19.8 Å². The van der Waals surface area contributed by atoms with Crippen LogP contribution in [0.15, 0.2) is 60.8 Å². The minimum absolute atomic E-state index is 0.0233. The summed E-state index contributed by atoms with van der Waals surface area (Å²) in [5.74, 6) is -1.16. The van der Waals surface area contributed by atoms with E-state index in [-0.39, 0.29) is 13.0 Å². The van der Waals surface area contributed by atoms with Gasteiger partial charge in [-0.1, -0.05) is 48.5 Å². The Kier molecular flexibility index (Phi) is 4.70. The summed E-state index contributed by atoms with van der Waals surface area (Å²) in [6.07, 6.45) is 0.581. The molecule has 1 amide bonds. The van der Waals surface area contributed by atoms with Crippen molar-refractivity contribution in [2.75, 3.05) is 0 Å². The normalized spacial score (nSPS) is 12.0. The number of benzene rings is 2. The Bertz CT molecular complexity index is 889. The number of fused-ring (bicyclic) bond motifs is 1. The molecule has 0 unspecified atom stereocenters. The highest BCUT2D eigenvalue weighted by Gasteiger charge is 2.30. The zero-order chi connectivity index (χ0) is 17.8. The molecule has 0 aliphatic rings. The number of aliphatic carboxylic acids is 1. The van der Waals surface area contributed by atoms with Gasteiger partial charge in [0.25, 0.3) is 0 Å². The van der Waals surface area contributed by atoms with Crippen molar-refractivity contribution in [2.45, 2.75) is 19.0 Å². The van der Waals surface area contributed by atoms with Crippen molar-refractivity contribution in [3.8, 4) is 0 Å². The molecule has 25 heavy (non-hydrogen) atoms. The average molecular weight is 338 g/mol. The average Bonchev–Trinajstić information content (AvgIpc) is 3.01. The zero-order valence-electron chi connectivity index (χ0n) is 13.4. The Morgan fingerprint density at radius 1 is 1.00 bits per heavy atom. The van der Waals surface area contributed by atoms with Gasteiger partial charge in [0.1, 0.15) is 6.04 Å². The summed E-state index contributed by atoms with van der Waals surface area (Å²) in [6, 6.07) is 15.4. The van der Waals surface area contributed by atoms with E-state index in [4.69, 9.17) is 0 Å². The second-order valence-corrected chi connectivity index (χ2v) is 5.81. The van der Waals surface area contributed by atoms with Crippen molar-refractivity contribution in [2.24, 2.45) is 0 Å². The van der Waals surface area contributed by atoms with Crippen LogP contribution in [0.25, 0.3) is 10.9 Å². The second kappa shape index (κ2) is 7.09. The van der Waals surface area contributed by atoms with Crippen LogP contribution in [0.3, 0.4) is 0 Å². The number of nitrogens with one attached hydrogen (secondary N) is 1. The fourth-order valence-corrected chi connectivity index (χ4v) is 2.93. The lowest BCUT2D eigenvalue weighted by molar-refractivity contribution is -0.142. The van der Waals surface area contributed by atoms with Crippen LogP contribution in [0, 0.1) is 0 Å². The van der Waals surface area contributed by atoms with Gasteiger partial charge in [0.2, 0.25) is 0 Å². The van der Waals surface area contributed by atoms with E-state index >= 15 is 0 Å². The quantitative estimate of drug-likeness (QED) is 0.642. The van der Waals surface area contributed by atoms with Gasteiger partial charge in [-0.15, -0.1) is 0 Å². The summed E-state index contributed by atoms with van der Waals surface area (Å²) in [7, 11) is 0. The largest absolute Gasteiger partial charge is 0.480 e. The number of carbonyl (C=O) groups is 2. The number of carboxylic acid groups (broad SMARTS) is 2. The Balaban J connectivity index is 1.90. The molecule has 2 aromatic carbocycles. The van der Waals surface area contributed by atoms with Crippen LogP contribution in [0.4, 0.5) is 4.79 Å². The Hall–Kier alpha value is -3.28. The van der Waals surface area contributed by atoms with Crippen LogP contribution in [0.5, 0.6) is 0 Å². The minimum Gasteiger partial charge on any atom is -0.480 e. The topological polar surface area (TPSA) is 93.6 Å². The fourth-order valence-electron chi connectivity index (χ4n) is 2.93. The van der Waals surface area contributed by atoms with E-state index in [0.717, 1.165) is 26.9 Å². The van der Waals surface area contributed by atoms with Crippen LogP contribution < -0.4 is 0 Å². The minimum atomic E-state index is -1.25. The number of amides is 1. The van der Waals surface area contributed by atoms with Crippen molar-refractivity contribution in [3.05, 3.63) is 71.9 Å². The molecule has 0 fully saturated rings. The van der Waals surface area contributed by atoms with E-state index in [1.165, 1.54) is 0 Å². The summed E-state index contributed by atoms with van der Waals surface area (Å²) in [6.45, 7) is 0.0233. The monoisotopic (exact) mass is 338 g/mol. The molecule has 6 heteroatoms. The van der Waals surface area contributed by atoms with Gasteiger partial charge in [-0.25, -0.2) is 9.59 Å². The summed E-state index contributed by atoms with van der Waals surface area (Å²) < 4.78 is 0. The summed E-state index contributed by atoms with van der Waals surface area (Å²) in [4.78, 5) is 27.5. The molecular formula is C19H18N2O4. The van der Waals surface area contributed by atoms with Crippen molar-refractivity contribution >= 4 is 23.0 Å². The molecule has 0 aliphatic carbocycles. The molecule has 1 atom stereocenters. The molecule has 1 heterocycles. The standard InChI is InChI=1S/C19H18N2O4/c22-18(23)17(10-14-11-20-16-9-5-4-8-15(14)16)21(19(24)25)12-13-6-2-1-3-7-13/h1-9,11,17,20H,10,12H2,(H,22,23)(H,24,25)/t17-/m0/s1. The Morgan fingerprint density at radius 3 is 2.36 bits per heavy atom. The van der Waals surface area contributed by atoms with Crippen LogP contribution in [-0.4, -0.2) is 38.2 Å². The lowest BCUT2D eigenvalue weighted by Gasteiger charge is -2.26. The first-order valence-electron chi connectivity index (χ1n) is 7.87. The second-order valence-electron chi connectivity index (χ2n) is 5.81. The van der Waals surface area contributed by atoms with Gasteiger partial charge in [0, 0.05) is 30.1 Å². The third kappa shape index (κ3) is 3.63. The lowest BCUT2D eigenvalue weighted by atomic mass is 10.0. The lowest BCUT2D eigenvalue weighted by Crippen LogP contribution is -2.45. The molecule has 3 rings (SSSR count). The molecule has 0 spiro atoms. The molecule has 1 aromatic heterocycles. The predicted molar refractivity (Wildman–Crippen MR) is 93.4 cm³/mol. The van der Waals surface area contributed by atoms with Crippen molar-refractivity contribution < 1.29 is 19.8 Å². The number of rotatable bonds is 6. The number of aromatic amines is 1. The first-order valence-corrected chi connectivity index (χ1v) is 7.87. The van der Waals surface area contributed by atoms with Crippen LogP contribution in [0.1, 0.15) is 11.1 Å². The zero-order valence-corrected chi connectivity index (χ0v) is 13.4. The van der Waals surface area contributed by atoms with Crippen LogP contribution in [0.2, 0.25) is 0 Å². The molecule has 0 bridgehead atoms. The molecular weight excluding hydrogens is 320 g/mol. The van der Waals surface area contributed by atoms with Crippen molar-refractivity contribution in [3.63, 3.8) is 0 Å². The van der Waals surface area contributed by atoms with Crippen LogP contribution >= 0.6 is 0 Å². The Morgan fingerprint density at radius 2 is 1.68 bits per heavy atom. The summed E-state index contributed by atoms with van der Waals surface area (Å²) in [5, 5.41) is 20.1. The maximum atomic E-state index is 11.8. The van der Waals surface area contributed by atoms with E-state index < -0.39 is 18.1 Å². The molecule has 0 aliphatic heterocycles. The number of nitrogens with zero attached hydrogens (tertiary/aromatic N) is 1. The molecule has 128 valence electrons. The molecule has 0 radical (unpaired) electrons. The number of hydrogen-bond donors (Lipinski definition) is 3. The third-order valence-electron chi connectivity index (χ3n) is 4.19. The smallest absolute Gasteiger partial charge is 0.408 e. The number of aromatic nitrogens is 1. The summed E-state index contributed by atoms with van der Waals surface area (Å²) >= 11 is 0. The number of para-hydroxylation sites is 1. The van der Waals surface area contributed by atoms with Gasteiger partial charge < -0.3 is 15.2 Å². The van der Waals surface area contributed by atoms with E-state index in [0.29, 0.717) is 0 Å². The number of carboxylic acids is 1. The fraction of sp³-hybridized carbons (Fsp3) is 0.158. The van der Waals surface area contributed by atoms with Gasteiger partial charge in [-0.2, -0.15) is 0 Å². The van der Waals surface area contributed by atoms with E-state index in [2.05, 4.69) is 4.98 Å². The van der Waals surface area contributed by atoms with Crippen LogP contribution in [-0.2, 0) is 17.8 Å². The van der Waals surface area contributed by atoms with Gasteiger partial charge in [0.15, 0.2) is 0 Å². The SMILES string of the molecule is O=C(O)[C@H](Cc1c[nH]c2ccccc12)N(Cc1ccccc1)C(=O)O. The maximum absolute atomic E-state index is 11.8. The molecule has 6 nitrogen and oxygen atoms in total. The van der Waals surface area contributed by atoms with E-state index in [1.807, 2.05) is 30.3 Å². The Labute approximate surface area is 144 Å². The molecule has 3 N–H and O–H groups in total. The van der Waals surface area contributed by atoms with Crippen molar-refractivity contribution in [1.29, 1.82) is 0 Å². The van der Waals surface area contributed by atoms with Gasteiger partial charge in [0.05, 0.1) is 0 Å². The highest BCUT2D eigenvalue weighted by molar-refractivity contribution is 5.85. The van der Waals surface area contributed by atoms with Gasteiger partial charge in [-0.05, 0) is 17.2 Å². The molecule has 0 saturated carbocycles. The molecule has 0 saturated heterocycles. The van der Waals surface area contributed by atoms with Crippen molar-refractivity contribution in [1.82, 2.24) is 9.88 Å². The number of H-pyrrole nitrogens is 1. The highest BCUT2D eigenvalue weighted by Crippen LogP contribution is 2.21. The molecule has 3 aromatic rings. The first-order chi connectivity index (χ1) is 12.1. The summed E-state index contributed by atoms with van der Waals surface area (Å²) in [5.41, 5.74) is 2.42. The number of hydrogen-bond acceptors (Lipinski definition) is 2. The highest BCUT2D eigenvalue weighted by atomic mass is 16.4. The van der Waals surface area contributed by atoms with Gasteiger partial charge in [-0.3, -0.25) is 4.90 Å². The predicted octanol–water partition coefficient (Wildman–Crippen LogP) is 3.34. The van der Waals surface area contributed by atoms with E-state index in [1.54, 1.807) is 30.5 Å². The van der Waals surface area contributed by atoms with Gasteiger partial charge >= 0.3 is 12.1 Å². The first kappa shape index (κ1) is 16.6. The third-order valence-corrected chi connectivity index (χ3v) is 4.19.